The predicted molar refractivity (Wildman–Crippen MR) is 92.0 cm³/mol. The lowest BCUT2D eigenvalue weighted by Gasteiger charge is -2.16. The summed E-state index contributed by atoms with van der Waals surface area (Å²) in [5, 5.41) is 2.88. The van der Waals surface area contributed by atoms with Gasteiger partial charge in [-0.3, -0.25) is 14.3 Å². The summed E-state index contributed by atoms with van der Waals surface area (Å²) in [6.07, 6.45) is 0.402. The van der Waals surface area contributed by atoms with E-state index in [2.05, 4.69) is 10.3 Å². The minimum atomic E-state index is -3.09. The number of rotatable bonds is 4. The second-order valence-electron chi connectivity index (χ2n) is 5.84. The predicted octanol–water partition coefficient (Wildman–Crippen LogP) is -0.234. The van der Waals surface area contributed by atoms with Crippen molar-refractivity contribution < 1.29 is 8.42 Å². The minimum Gasteiger partial charge on any atom is -0.383 e. The summed E-state index contributed by atoms with van der Waals surface area (Å²) in [4.78, 5) is 26.3. The molecule has 1 aliphatic heterocycles. The number of nitrogens with two attached hydrogens (primary N) is 1. The SMILES string of the molecule is Nc1c(NC2CCS(=O)(=O)C2)c(=O)[nH]c(=O)n1Cc1ccccc1. The van der Waals surface area contributed by atoms with Crippen LogP contribution in [-0.2, 0) is 16.4 Å². The first-order valence-corrected chi connectivity index (χ1v) is 9.31. The molecule has 0 spiro atoms. The highest BCUT2D eigenvalue weighted by Crippen LogP contribution is 2.19. The topological polar surface area (TPSA) is 127 Å². The van der Waals surface area contributed by atoms with Crippen LogP contribution < -0.4 is 22.3 Å². The molecule has 0 radical (unpaired) electrons. The molecular formula is C15H18N4O4S. The van der Waals surface area contributed by atoms with Crippen molar-refractivity contribution in [3.8, 4) is 0 Å². The molecule has 1 fully saturated rings. The number of nitrogens with zero attached hydrogens (tertiary/aromatic N) is 1. The van der Waals surface area contributed by atoms with Gasteiger partial charge in [0, 0.05) is 6.04 Å². The Hall–Kier alpha value is -2.55. The van der Waals surface area contributed by atoms with E-state index in [1.807, 2.05) is 30.3 Å². The van der Waals surface area contributed by atoms with Gasteiger partial charge in [-0.25, -0.2) is 13.2 Å². The molecule has 1 atom stereocenters. The Morgan fingerprint density at radius 2 is 1.96 bits per heavy atom. The van der Waals surface area contributed by atoms with Crippen molar-refractivity contribution >= 4 is 21.3 Å². The van der Waals surface area contributed by atoms with E-state index in [1.54, 1.807) is 0 Å². The molecule has 1 unspecified atom stereocenters. The van der Waals surface area contributed by atoms with E-state index in [-0.39, 0.29) is 35.6 Å². The van der Waals surface area contributed by atoms with Crippen LogP contribution in [-0.4, -0.2) is 35.5 Å². The highest BCUT2D eigenvalue weighted by atomic mass is 32.2. The maximum Gasteiger partial charge on any atom is 0.330 e. The van der Waals surface area contributed by atoms with Crippen molar-refractivity contribution in [1.29, 1.82) is 0 Å². The van der Waals surface area contributed by atoms with Gasteiger partial charge in [-0.15, -0.1) is 0 Å². The van der Waals surface area contributed by atoms with Gasteiger partial charge in [0.25, 0.3) is 5.56 Å². The Morgan fingerprint density at radius 3 is 2.58 bits per heavy atom. The lowest BCUT2D eigenvalue weighted by molar-refractivity contribution is 0.602. The Bertz CT molecular complexity index is 963. The molecule has 0 aliphatic carbocycles. The number of sulfone groups is 1. The number of hydrogen-bond acceptors (Lipinski definition) is 6. The van der Waals surface area contributed by atoms with Crippen LogP contribution in [0.15, 0.2) is 39.9 Å². The van der Waals surface area contributed by atoms with Gasteiger partial charge < -0.3 is 11.1 Å². The average Bonchev–Trinajstić information content (AvgIpc) is 2.88. The van der Waals surface area contributed by atoms with Gasteiger partial charge in [-0.05, 0) is 12.0 Å². The number of nitrogen functional groups attached to an aromatic ring is 1. The van der Waals surface area contributed by atoms with E-state index in [4.69, 9.17) is 5.73 Å². The Morgan fingerprint density at radius 1 is 1.25 bits per heavy atom. The molecular weight excluding hydrogens is 332 g/mol. The van der Waals surface area contributed by atoms with Gasteiger partial charge in [0.1, 0.15) is 11.5 Å². The van der Waals surface area contributed by atoms with Gasteiger partial charge in [0.05, 0.1) is 18.1 Å². The third-order valence-electron chi connectivity index (χ3n) is 4.00. The summed E-state index contributed by atoms with van der Waals surface area (Å²) in [7, 11) is -3.09. The van der Waals surface area contributed by atoms with E-state index < -0.39 is 21.1 Å². The monoisotopic (exact) mass is 350 g/mol. The largest absolute Gasteiger partial charge is 0.383 e. The van der Waals surface area contributed by atoms with Crippen LogP contribution >= 0.6 is 0 Å². The zero-order chi connectivity index (χ0) is 17.3. The molecule has 1 aliphatic rings. The van der Waals surface area contributed by atoms with Gasteiger partial charge in [0.2, 0.25) is 0 Å². The van der Waals surface area contributed by atoms with E-state index in [0.29, 0.717) is 6.42 Å². The van der Waals surface area contributed by atoms with Gasteiger partial charge in [-0.1, -0.05) is 30.3 Å². The quantitative estimate of drug-likeness (QED) is 0.699. The number of aromatic amines is 1. The zero-order valence-corrected chi connectivity index (χ0v) is 13.7. The number of nitrogens with one attached hydrogen (secondary N) is 2. The highest BCUT2D eigenvalue weighted by molar-refractivity contribution is 7.91. The van der Waals surface area contributed by atoms with Crippen molar-refractivity contribution in [3.05, 3.63) is 56.7 Å². The summed E-state index contributed by atoms with van der Waals surface area (Å²) in [6.45, 7) is 0.208. The molecule has 128 valence electrons. The number of benzene rings is 1. The molecule has 0 bridgehead atoms. The maximum absolute atomic E-state index is 12.1. The number of hydrogen-bond donors (Lipinski definition) is 3. The zero-order valence-electron chi connectivity index (χ0n) is 12.9. The molecule has 4 N–H and O–H groups in total. The number of aromatic nitrogens is 2. The molecule has 1 aromatic carbocycles. The standard InChI is InChI=1S/C15H18N4O4S/c16-13-12(17-11-6-7-24(22,23)9-11)14(20)18-15(21)19(13)8-10-4-2-1-3-5-10/h1-5,11,17H,6-9,16H2,(H,18,20,21). The third kappa shape index (κ3) is 3.35. The van der Waals surface area contributed by atoms with Gasteiger partial charge in [-0.2, -0.15) is 0 Å². The van der Waals surface area contributed by atoms with E-state index >= 15 is 0 Å². The number of H-pyrrole nitrogens is 1. The fraction of sp³-hybridized carbons (Fsp3) is 0.333. The molecule has 9 heteroatoms. The van der Waals surface area contributed by atoms with E-state index in [0.717, 1.165) is 5.56 Å². The second kappa shape index (κ2) is 6.16. The molecule has 1 saturated heterocycles. The summed E-state index contributed by atoms with van der Waals surface area (Å²) < 4.78 is 24.4. The minimum absolute atomic E-state index is 0.00287. The van der Waals surface area contributed by atoms with Crippen LogP contribution in [0.5, 0.6) is 0 Å². The first-order chi connectivity index (χ1) is 11.4. The maximum atomic E-state index is 12.1. The first-order valence-electron chi connectivity index (χ1n) is 7.49. The lowest BCUT2D eigenvalue weighted by atomic mass is 10.2. The molecule has 2 aromatic rings. The Kier molecular flexibility index (Phi) is 4.18. The van der Waals surface area contributed by atoms with Crippen molar-refractivity contribution in [2.45, 2.75) is 19.0 Å². The average molecular weight is 350 g/mol. The van der Waals surface area contributed by atoms with Crippen LogP contribution in [0.25, 0.3) is 0 Å². The van der Waals surface area contributed by atoms with E-state index in [9.17, 15) is 18.0 Å². The lowest BCUT2D eigenvalue weighted by Crippen LogP contribution is -2.36. The van der Waals surface area contributed by atoms with Crippen LogP contribution in [0.1, 0.15) is 12.0 Å². The van der Waals surface area contributed by atoms with Crippen molar-refractivity contribution in [2.75, 3.05) is 22.6 Å². The third-order valence-corrected chi connectivity index (χ3v) is 5.77. The van der Waals surface area contributed by atoms with Crippen molar-refractivity contribution in [2.24, 2.45) is 0 Å². The summed E-state index contributed by atoms with van der Waals surface area (Å²) in [6, 6.07) is 8.83. The van der Waals surface area contributed by atoms with Crippen LogP contribution in [0, 0.1) is 0 Å². The molecule has 1 aromatic heterocycles. The summed E-state index contributed by atoms with van der Waals surface area (Å²) in [5.41, 5.74) is 5.65. The second-order valence-corrected chi connectivity index (χ2v) is 8.06. The molecule has 2 heterocycles. The van der Waals surface area contributed by atoms with Crippen LogP contribution in [0.2, 0.25) is 0 Å². The van der Waals surface area contributed by atoms with Gasteiger partial charge in [0.15, 0.2) is 9.84 Å². The van der Waals surface area contributed by atoms with Crippen LogP contribution in [0.4, 0.5) is 11.5 Å². The van der Waals surface area contributed by atoms with Crippen LogP contribution in [0.3, 0.4) is 0 Å². The smallest absolute Gasteiger partial charge is 0.330 e. The summed E-state index contributed by atoms with van der Waals surface area (Å²) in [5.74, 6) is 0.0208. The normalized spacial score (nSPS) is 19.2. The highest BCUT2D eigenvalue weighted by Gasteiger charge is 2.29. The fourth-order valence-electron chi connectivity index (χ4n) is 2.76. The molecule has 24 heavy (non-hydrogen) atoms. The molecule has 0 saturated carbocycles. The van der Waals surface area contributed by atoms with Crippen molar-refractivity contribution in [3.63, 3.8) is 0 Å². The summed E-state index contributed by atoms with van der Waals surface area (Å²) >= 11 is 0. The molecule has 3 rings (SSSR count). The Labute approximate surface area is 138 Å². The van der Waals surface area contributed by atoms with E-state index in [1.165, 1.54) is 4.57 Å². The first kappa shape index (κ1) is 16.3. The Balaban J connectivity index is 1.94. The fourth-order valence-corrected chi connectivity index (χ4v) is 4.44. The van der Waals surface area contributed by atoms with Gasteiger partial charge >= 0.3 is 5.69 Å². The molecule has 0 amide bonds. The molecule has 8 nitrogen and oxygen atoms in total. The van der Waals surface area contributed by atoms with Crippen molar-refractivity contribution in [1.82, 2.24) is 9.55 Å². The number of anilines is 2.